The fourth-order valence-corrected chi connectivity index (χ4v) is 3.92. The Morgan fingerprint density at radius 3 is 2.59 bits per heavy atom. The SMILES string of the molecule is Cc1ccn(C2CCC(O)CC2)c(=O)c1C(=O)Nc1ccccc1-n1cccn1. The lowest BCUT2D eigenvalue weighted by molar-refractivity contribution is 0.101. The summed E-state index contributed by atoms with van der Waals surface area (Å²) in [5, 5.41) is 16.8. The number of amides is 1. The van der Waals surface area contributed by atoms with E-state index in [4.69, 9.17) is 0 Å². The predicted octanol–water partition coefficient (Wildman–Crippen LogP) is 3.07. The molecule has 1 aromatic carbocycles. The molecule has 2 N–H and O–H groups in total. The van der Waals surface area contributed by atoms with Gasteiger partial charge in [-0.25, -0.2) is 4.68 Å². The number of anilines is 1. The first-order chi connectivity index (χ1) is 14.0. The van der Waals surface area contributed by atoms with Gasteiger partial charge in [0.2, 0.25) is 0 Å². The first-order valence-corrected chi connectivity index (χ1v) is 9.85. The first-order valence-electron chi connectivity index (χ1n) is 9.85. The van der Waals surface area contributed by atoms with Crippen molar-refractivity contribution in [3.63, 3.8) is 0 Å². The summed E-state index contributed by atoms with van der Waals surface area (Å²) in [5.41, 5.74) is 1.79. The molecule has 0 radical (unpaired) electrons. The quantitative estimate of drug-likeness (QED) is 0.714. The highest BCUT2D eigenvalue weighted by Gasteiger charge is 2.24. The van der Waals surface area contributed by atoms with Crippen LogP contribution in [-0.4, -0.2) is 31.5 Å². The van der Waals surface area contributed by atoms with Crippen molar-refractivity contribution in [3.8, 4) is 5.69 Å². The number of aryl methyl sites for hydroxylation is 1. The summed E-state index contributed by atoms with van der Waals surface area (Å²) in [7, 11) is 0. The molecule has 1 fully saturated rings. The van der Waals surface area contributed by atoms with E-state index in [2.05, 4.69) is 10.4 Å². The zero-order chi connectivity index (χ0) is 20.4. The zero-order valence-corrected chi connectivity index (χ0v) is 16.3. The van der Waals surface area contributed by atoms with E-state index in [1.165, 1.54) is 0 Å². The molecule has 1 aliphatic rings. The molecule has 3 aromatic rings. The zero-order valence-electron chi connectivity index (χ0n) is 16.3. The van der Waals surface area contributed by atoms with Crippen molar-refractivity contribution in [1.29, 1.82) is 0 Å². The maximum absolute atomic E-state index is 13.1. The second-order valence-corrected chi connectivity index (χ2v) is 7.47. The fourth-order valence-electron chi connectivity index (χ4n) is 3.92. The van der Waals surface area contributed by atoms with Crippen LogP contribution in [0.25, 0.3) is 5.69 Å². The minimum Gasteiger partial charge on any atom is -0.393 e. The number of aliphatic hydroxyl groups excluding tert-OH is 1. The number of benzene rings is 1. The van der Waals surface area contributed by atoms with Crippen molar-refractivity contribution in [2.24, 2.45) is 0 Å². The summed E-state index contributed by atoms with van der Waals surface area (Å²) < 4.78 is 3.31. The van der Waals surface area contributed by atoms with Crippen LogP contribution in [-0.2, 0) is 0 Å². The number of hydrogen-bond acceptors (Lipinski definition) is 4. The Kier molecular flexibility index (Phi) is 5.31. The summed E-state index contributed by atoms with van der Waals surface area (Å²) >= 11 is 0. The Balaban J connectivity index is 1.65. The van der Waals surface area contributed by atoms with Crippen LogP contribution in [0.1, 0.15) is 47.6 Å². The molecule has 1 saturated carbocycles. The van der Waals surface area contributed by atoms with Gasteiger partial charge < -0.3 is 15.0 Å². The molecule has 7 heteroatoms. The average molecular weight is 392 g/mol. The monoisotopic (exact) mass is 392 g/mol. The number of carbonyl (C=O) groups excluding carboxylic acids is 1. The molecule has 0 aliphatic heterocycles. The van der Waals surface area contributed by atoms with Gasteiger partial charge in [-0.1, -0.05) is 12.1 Å². The highest BCUT2D eigenvalue weighted by molar-refractivity contribution is 6.06. The number of para-hydroxylation sites is 2. The standard InChI is InChI=1S/C22H24N4O3/c1-15-11-14-25(16-7-9-17(27)10-8-16)22(29)20(15)21(28)24-18-5-2-3-6-19(18)26-13-4-12-23-26/h2-6,11-14,16-17,27H,7-10H2,1H3,(H,24,28). The second kappa shape index (κ2) is 8.05. The fraction of sp³-hybridized carbons (Fsp3) is 0.318. The molecule has 0 unspecified atom stereocenters. The third-order valence-corrected chi connectivity index (χ3v) is 5.52. The van der Waals surface area contributed by atoms with Gasteiger partial charge in [0.15, 0.2) is 0 Å². The number of carbonyl (C=O) groups is 1. The summed E-state index contributed by atoms with van der Waals surface area (Å²) in [4.78, 5) is 26.2. The normalized spacial score (nSPS) is 19.1. The van der Waals surface area contributed by atoms with Gasteiger partial charge in [-0.05, 0) is 62.4 Å². The second-order valence-electron chi connectivity index (χ2n) is 7.47. The van der Waals surface area contributed by atoms with Gasteiger partial charge in [0.05, 0.1) is 17.5 Å². The van der Waals surface area contributed by atoms with E-state index in [-0.39, 0.29) is 23.3 Å². The summed E-state index contributed by atoms with van der Waals surface area (Å²) in [6.45, 7) is 1.77. The Bertz CT molecular complexity index is 1060. The third kappa shape index (κ3) is 3.86. The minimum absolute atomic E-state index is 0.00871. The Hall–Kier alpha value is -3.19. The van der Waals surface area contributed by atoms with Gasteiger partial charge in [-0.15, -0.1) is 0 Å². The van der Waals surface area contributed by atoms with Crippen molar-refractivity contribution in [2.75, 3.05) is 5.32 Å². The van der Waals surface area contributed by atoms with Crippen LogP contribution in [0.15, 0.2) is 59.8 Å². The van der Waals surface area contributed by atoms with E-state index in [1.54, 1.807) is 53.0 Å². The van der Waals surface area contributed by atoms with Crippen LogP contribution in [0.3, 0.4) is 0 Å². The molecule has 150 valence electrons. The van der Waals surface area contributed by atoms with Crippen molar-refractivity contribution < 1.29 is 9.90 Å². The highest BCUT2D eigenvalue weighted by Crippen LogP contribution is 2.27. The number of hydrogen-bond donors (Lipinski definition) is 2. The molecule has 1 aliphatic carbocycles. The van der Waals surface area contributed by atoms with E-state index in [9.17, 15) is 14.7 Å². The highest BCUT2D eigenvalue weighted by atomic mass is 16.3. The Labute approximate surface area is 168 Å². The number of nitrogens with zero attached hydrogens (tertiary/aromatic N) is 3. The lowest BCUT2D eigenvalue weighted by atomic mass is 9.92. The lowest BCUT2D eigenvalue weighted by Gasteiger charge is -2.27. The molecule has 0 saturated heterocycles. The maximum atomic E-state index is 13.1. The van der Waals surface area contributed by atoms with Crippen LogP contribution >= 0.6 is 0 Å². The van der Waals surface area contributed by atoms with E-state index in [0.29, 0.717) is 24.1 Å². The van der Waals surface area contributed by atoms with Gasteiger partial charge in [0.1, 0.15) is 5.56 Å². The number of rotatable bonds is 4. The van der Waals surface area contributed by atoms with Crippen molar-refractivity contribution in [2.45, 2.75) is 44.8 Å². The van der Waals surface area contributed by atoms with Gasteiger partial charge in [0.25, 0.3) is 11.5 Å². The first kappa shape index (κ1) is 19.1. The molecule has 1 amide bonds. The molecular formula is C22H24N4O3. The van der Waals surface area contributed by atoms with E-state index in [0.717, 1.165) is 18.5 Å². The lowest BCUT2D eigenvalue weighted by Crippen LogP contribution is -2.34. The Morgan fingerprint density at radius 1 is 1.10 bits per heavy atom. The minimum atomic E-state index is -0.433. The van der Waals surface area contributed by atoms with Gasteiger partial charge in [-0.2, -0.15) is 5.10 Å². The third-order valence-electron chi connectivity index (χ3n) is 5.52. The summed E-state index contributed by atoms with van der Waals surface area (Å²) in [5.74, 6) is -0.433. The largest absolute Gasteiger partial charge is 0.393 e. The van der Waals surface area contributed by atoms with Crippen LogP contribution in [0.4, 0.5) is 5.69 Å². The number of aliphatic hydroxyl groups is 1. The number of nitrogens with one attached hydrogen (secondary N) is 1. The predicted molar refractivity (Wildman–Crippen MR) is 110 cm³/mol. The van der Waals surface area contributed by atoms with Crippen molar-refractivity contribution in [3.05, 3.63) is 76.5 Å². The average Bonchev–Trinajstić information content (AvgIpc) is 3.24. The smallest absolute Gasteiger partial charge is 0.263 e. The van der Waals surface area contributed by atoms with Crippen molar-refractivity contribution in [1.82, 2.24) is 14.3 Å². The topological polar surface area (TPSA) is 89.1 Å². The molecule has 0 bridgehead atoms. The van der Waals surface area contributed by atoms with Crippen LogP contribution < -0.4 is 10.9 Å². The molecular weight excluding hydrogens is 368 g/mol. The van der Waals surface area contributed by atoms with E-state index in [1.807, 2.05) is 18.2 Å². The van der Waals surface area contributed by atoms with E-state index < -0.39 is 5.91 Å². The molecule has 2 heterocycles. The summed E-state index contributed by atoms with van der Waals surface area (Å²) in [6.07, 6.45) is 7.72. The summed E-state index contributed by atoms with van der Waals surface area (Å²) in [6, 6.07) is 11.0. The molecule has 29 heavy (non-hydrogen) atoms. The van der Waals surface area contributed by atoms with Crippen LogP contribution in [0.2, 0.25) is 0 Å². The van der Waals surface area contributed by atoms with Crippen molar-refractivity contribution >= 4 is 11.6 Å². The van der Waals surface area contributed by atoms with Crippen LogP contribution in [0.5, 0.6) is 0 Å². The molecule has 7 nitrogen and oxygen atoms in total. The molecule has 0 spiro atoms. The number of aromatic nitrogens is 3. The van der Waals surface area contributed by atoms with Gasteiger partial charge in [-0.3, -0.25) is 9.59 Å². The van der Waals surface area contributed by atoms with Gasteiger partial charge >= 0.3 is 0 Å². The Morgan fingerprint density at radius 2 is 1.86 bits per heavy atom. The number of pyridine rings is 1. The van der Waals surface area contributed by atoms with Crippen LogP contribution in [0, 0.1) is 6.92 Å². The van der Waals surface area contributed by atoms with Gasteiger partial charge in [0, 0.05) is 24.6 Å². The molecule has 2 aromatic heterocycles. The molecule has 4 rings (SSSR count). The van der Waals surface area contributed by atoms with E-state index >= 15 is 0 Å². The molecule has 0 atom stereocenters. The maximum Gasteiger partial charge on any atom is 0.263 e.